The molecule has 1 N–H and O–H groups in total. The molecule has 0 saturated carbocycles. The molecule has 0 bridgehead atoms. The summed E-state index contributed by atoms with van der Waals surface area (Å²) >= 11 is 5.76. The number of rotatable bonds is 0. The van der Waals surface area contributed by atoms with Crippen LogP contribution in [0.1, 0.15) is 6.92 Å². The van der Waals surface area contributed by atoms with Crippen LogP contribution in [0.25, 0.3) is 0 Å². The van der Waals surface area contributed by atoms with Crippen LogP contribution in [0.15, 0.2) is 11.4 Å². The maximum absolute atomic E-state index is 11.3. The number of amides is 1. The van der Waals surface area contributed by atoms with E-state index in [1.165, 1.54) is 11.0 Å². The van der Waals surface area contributed by atoms with Gasteiger partial charge in [-0.25, -0.2) is 0 Å². The van der Waals surface area contributed by atoms with E-state index in [9.17, 15) is 4.79 Å². The summed E-state index contributed by atoms with van der Waals surface area (Å²) in [5.74, 6) is -0.0535. The number of aromatic nitrogens is 3. The molecule has 2 rings (SSSR count). The van der Waals surface area contributed by atoms with E-state index in [-0.39, 0.29) is 11.9 Å². The van der Waals surface area contributed by atoms with Crippen molar-refractivity contribution in [3.63, 3.8) is 0 Å². The maximum atomic E-state index is 11.3. The van der Waals surface area contributed by atoms with Gasteiger partial charge in [0, 0.05) is 0 Å². The van der Waals surface area contributed by atoms with E-state index in [0.29, 0.717) is 5.71 Å². The predicted molar refractivity (Wildman–Crippen MR) is 46.8 cm³/mol. The van der Waals surface area contributed by atoms with Crippen molar-refractivity contribution in [3.05, 3.63) is 6.33 Å². The standard InChI is InChI=1S/C6H6ClN5O/c1-3-4(7)5(13)9-6-10-8-2-12(6)11-3/h2,4H,1H3,(H,9,10,13). The minimum atomic E-state index is -0.748. The summed E-state index contributed by atoms with van der Waals surface area (Å²) in [6.45, 7) is 1.67. The Kier molecular flexibility index (Phi) is 1.77. The van der Waals surface area contributed by atoms with E-state index < -0.39 is 5.38 Å². The van der Waals surface area contributed by atoms with E-state index in [2.05, 4.69) is 20.6 Å². The topological polar surface area (TPSA) is 72.2 Å². The number of carbonyl (C=O) groups excluding carboxylic acids is 1. The van der Waals surface area contributed by atoms with Gasteiger partial charge < -0.3 is 0 Å². The molecule has 0 spiro atoms. The summed E-state index contributed by atoms with van der Waals surface area (Å²) in [5.41, 5.74) is 0.512. The number of fused-ring (bicyclic) bond motifs is 1. The summed E-state index contributed by atoms with van der Waals surface area (Å²) in [5, 5.41) is 13.0. The number of carbonyl (C=O) groups is 1. The fraction of sp³-hybridized carbons (Fsp3) is 0.333. The first-order chi connectivity index (χ1) is 6.18. The molecule has 7 heteroatoms. The number of hydrogen-bond donors (Lipinski definition) is 1. The molecule has 0 fully saturated rings. The molecular weight excluding hydrogens is 194 g/mol. The van der Waals surface area contributed by atoms with Crippen molar-refractivity contribution in [1.82, 2.24) is 14.9 Å². The number of alkyl halides is 1. The van der Waals surface area contributed by atoms with Crippen LogP contribution in [-0.2, 0) is 4.79 Å². The largest absolute Gasteiger partial charge is 0.291 e. The minimum Gasteiger partial charge on any atom is -0.291 e. The second kappa shape index (κ2) is 2.81. The van der Waals surface area contributed by atoms with Crippen molar-refractivity contribution in [2.24, 2.45) is 5.10 Å². The molecule has 1 unspecified atom stereocenters. The zero-order valence-corrected chi connectivity index (χ0v) is 7.49. The van der Waals surface area contributed by atoms with Crippen molar-refractivity contribution in [3.8, 4) is 0 Å². The van der Waals surface area contributed by atoms with E-state index >= 15 is 0 Å². The van der Waals surface area contributed by atoms with Gasteiger partial charge in [-0.3, -0.25) is 10.1 Å². The van der Waals surface area contributed by atoms with Crippen LogP contribution in [0.3, 0.4) is 0 Å². The summed E-state index contributed by atoms with van der Waals surface area (Å²) in [7, 11) is 0. The zero-order valence-electron chi connectivity index (χ0n) is 6.73. The van der Waals surface area contributed by atoms with E-state index in [1.807, 2.05) is 0 Å². The maximum Gasteiger partial charge on any atom is 0.252 e. The van der Waals surface area contributed by atoms with Crippen molar-refractivity contribution in [2.75, 3.05) is 5.32 Å². The van der Waals surface area contributed by atoms with Crippen LogP contribution < -0.4 is 5.32 Å². The number of nitrogens with zero attached hydrogens (tertiary/aromatic N) is 4. The van der Waals surface area contributed by atoms with Crippen molar-refractivity contribution >= 4 is 29.2 Å². The molecule has 1 amide bonds. The molecular formula is C6H6ClN5O. The minimum absolute atomic E-state index is 0.285. The van der Waals surface area contributed by atoms with Crippen molar-refractivity contribution in [2.45, 2.75) is 12.3 Å². The smallest absolute Gasteiger partial charge is 0.252 e. The second-order valence-electron chi connectivity index (χ2n) is 2.59. The molecule has 1 aliphatic heterocycles. The van der Waals surface area contributed by atoms with Gasteiger partial charge in [-0.1, -0.05) is 0 Å². The molecule has 0 aliphatic carbocycles. The number of halogens is 1. The Morgan fingerprint density at radius 2 is 2.46 bits per heavy atom. The molecule has 1 atom stereocenters. The van der Waals surface area contributed by atoms with Gasteiger partial charge in [0.2, 0.25) is 0 Å². The van der Waals surface area contributed by atoms with Crippen LogP contribution in [0.5, 0.6) is 0 Å². The van der Waals surface area contributed by atoms with Crippen LogP contribution in [0.4, 0.5) is 5.95 Å². The number of anilines is 1. The van der Waals surface area contributed by atoms with Gasteiger partial charge in [-0.2, -0.15) is 9.78 Å². The molecule has 2 heterocycles. The summed E-state index contributed by atoms with van der Waals surface area (Å²) < 4.78 is 1.37. The Hall–Kier alpha value is -1.43. The monoisotopic (exact) mass is 199 g/mol. The average Bonchev–Trinajstić information content (AvgIpc) is 2.47. The summed E-state index contributed by atoms with van der Waals surface area (Å²) in [4.78, 5) is 11.3. The SMILES string of the molecule is CC1=Nn2cnnc2NC(=O)C1Cl. The highest BCUT2D eigenvalue weighted by molar-refractivity contribution is 6.43. The number of nitrogens with one attached hydrogen (secondary N) is 1. The molecule has 1 aromatic rings. The molecule has 13 heavy (non-hydrogen) atoms. The van der Waals surface area contributed by atoms with E-state index in [1.54, 1.807) is 6.92 Å². The van der Waals surface area contributed by atoms with Gasteiger partial charge in [0.05, 0.1) is 5.71 Å². The third-order valence-corrected chi connectivity index (χ3v) is 2.14. The Morgan fingerprint density at radius 1 is 1.69 bits per heavy atom. The lowest BCUT2D eigenvalue weighted by Gasteiger charge is -2.02. The zero-order chi connectivity index (χ0) is 9.42. The van der Waals surface area contributed by atoms with Gasteiger partial charge in [-0.05, 0) is 6.92 Å². The predicted octanol–water partition coefficient (Wildman–Crippen LogP) is 0.0616. The molecule has 0 saturated heterocycles. The quantitative estimate of drug-likeness (QED) is 0.601. The molecule has 1 aliphatic rings. The molecule has 68 valence electrons. The highest BCUT2D eigenvalue weighted by Crippen LogP contribution is 2.11. The van der Waals surface area contributed by atoms with Crippen LogP contribution >= 0.6 is 11.6 Å². The lowest BCUT2D eigenvalue weighted by Crippen LogP contribution is -2.27. The lowest BCUT2D eigenvalue weighted by molar-refractivity contribution is -0.114. The van der Waals surface area contributed by atoms with Crippen LogP contribution in [-0.4, -0.2) is 31.9 Å². The second-order valence-corrected chi connectivity index (χ2v) is 3.03. The van der Waals surface area contributed by atoms with Gasteiger partial charge in [0.25, 0.3) is 11.9 Å². The van der Waals surface area contributed by atoms with Gasteiger partial charge >= 0.3 is 0 Å². The highest BCUT2D eigenvalue weighted by atomic mass is 35.5. The number of hydrogen-bond acceptors (Lipinski definition) is 4. The lowest BCUT2D eigenvalue weighted by atomic mass is 10.3. The molecule has 6 nitrogen and oxygen atoms in total. The molecule has 0 aromatic carbocycles. The average molecular weight is 200 g/mol. The van der Waals surface area contributed by atoms with Crippen molar-refractivity contribution in [1.29, 1.82) is 0 Å². The van der Waals surface area contributed by atoms with Gasteiger partial charge in [0.15, 0.2) is 5.38 Å². The van der Waals surface area contributed by atoms with E-state index in [0.717, 1.165) is 0 Å². The van der Waals surface area contributed by atoms with Gasteiger partial charge in [0.1, 0.15) is 6.33 Å². The first-order valence-electron chi connectivity index (χ1n) is 3.59. The fourth-order valence-electron chi connectivity index (χ4n) is 0.969. The highest BCUT2D eigenvalue weighted by Gasteiger charge is 2.24. The Bertz CT molecular complexity index is 384. The van der Waals surface area contributed by atoms with Gasteiger partial charge in [-0.15, -0.1) is 21.8 Å². The third-order valence-electron chi connectivity index (χ3n) is 1.63. The Morgan fingerprint density at radius 3 is 3.23 bits per heavy atom. The summed E-state index contributed by atoms with van der Waals surface area (Å²) in [6.07, 6.45) is 1.40. The first kappa shape index (κ1) is 8.18. The normalized spacial score (nSPS) is 21.5. The Labute approximate surface area is 78.6 Å². The fourth-order valence-corrected chi connectivity index (χ4v) is 1.07. The molecule has 0 radical (unpaired) electrons. The first-order valence-corrected chi connectivity index (χ1v) is 4.02. The van der Waals surface area contributed by atoms with E-state index in [4.69, 9.17) is 11.6 Å². The van der Waals surface area contributed by atoms with Crippen molar-refractivity contribution < 1.29 is 4.79 Å². The Balaban J connectivity index is 2.50. The van der Waals surface area contributed by atoms with Crippen LogP contribution in [0, 0.1) is 0 Å². The molecule has 1 aromatic heterocycles. The third kappa shape index (κ3) is 1.29. The van der Waals surface area contributed by atoms with Crippen LogP contribution in [0.2, 0.25) is 0 Å². The summed E-state index contributed by atoms with van der Waals surface area (Å²) in [6, 6.07) is 0.